The zero-order chi connectivity index (χ0) is 15.5. The molecule has 0 aliphatic carbocycles. The maximum Gasteiger partial charge on any atom is 0.0813 e. The third-order valence-corrected chi connectivity index (χ3v) is 4.25. The molecule has 3 heteroatoms. The van der Waals surface area contributed by atoms with E-state index in [4.69, 9.17) is 5.11 Å². The summed E-state index contributed by atoms with van der Waals surface area (Å²) in [4.78, 5) is 4.53. The minimum absolute atomic E-state index is 0.111. The molecule has 0 spiro atoms. The van der Waals surface area contributed by atoms with Crippen molar-refractivity contribution in [2.75, 3.05) is 13.2 Å². The average Bonchev–Trinajstić information content (AvgIpc) is 3.00. The lowest BCUT2D eigenvalue weighted by Crippen LogP contribution is -2.23. The van der Waals surface area contributed by atoms with Gasteiger partial charge in [-0.05, 0) is 37.4 Å². The first-order chi connectivity index (χ1) is 10.8. The van der Waals surface area contributed by atoms with Crippen LogP contribution in [0.25, 0.3) is 0 Å². The van der Waals surface area contributed by atoms with Crippen LogP contribution in [-0.4, -0.2) is 30.0 Å². The number of aliphatic hydroxyl groups excluding tert-OH is 1. The number of unbranched alkanes of at least 4 members (excludes halogenated alkanes) is 3. The van der Waals surface area contributed by atoms with Crippen molar-refractivity contribution in [3.63, 3.8) is 0 Å². The quantitative estimate of drug-likeness (QED) is 0.614. The summed E-state index contributed by atoms with van der Waals surface area (Å²) >= 11 is 0. The van der Waals surface area contributed by atoms with Gasteiger partial charge in [0.2, 0.25) is 0 Å². The smallest absolute Gasteiger partial charge is 0.0813 e. The van der Waals surface area contributed by atoms with E-state index in [1.165, 1.54) is 31.2 Å². The second kappa shape index (κ2) is 9.54. The fourth-order valence-corrected chi connectivity index (χ4v) is 2.93. The normalized spacial score (nSPS) is 19.9. The van der Waals surface area contributed by atoms with Crippen molar-refractivity contribution >= 4 is 6.21 Å². The lowest BCUT2D eigenvalue weighted by Gasteiger charge is -2.23. The Morgan fingerprint density at radius 2 is 1.82 bits per heavy atom. The number of hydrogen-bond donors (Lipinski definition) is 2. The number of aliphatic imine (C=N–C) groups is 1. The van der Waals surface area contributed by atoms with Crippen LogP contribution in [0.4, 0.5) is 0 Å². The highest BCUT2D eigenvalue weighted by Gasteiger charge is 2.26. The van der Waals surface area contributed by atoms with E-state index in [9.17, 15) is 0 Å². The Kier molecular flexibility index (Phi) is 7.34. The van der Waals surface area contributed by atoms with E-state index in [0.717, 1.165) is 25.9 Å². The molecule has 1 atom stereocenters. The van der Waals surface area contributed by atoms with Crippen LogP contribution in [0.1, 0.15) is 44.1 Å². The highest BCUT2D eigenvalue weighted by molar-refractivity contribution is 5.75. The molecule has 0 saturated heterocycles. The van der Waals surface area contributed by atoms with Gasteiger partial charge in [0.05, 0.1) is 5.54 Å². The van der Waals surface area contributed by atoms with Crippen molar-refractivity contribution in [1.29, 1.82) is 0 Å². The van der Waals surface area contributed by atoms with E-state index in [1.807, 2.05) is 12.3 Å². The van der Waals surface area contributed by atoms with Crippen LogP contribution in [0, 0.1) is 0 Å². The molecule has 0 fully saturated rings. The van der Waals surface area contributed by atoms with Crippen LogP contribution < -0.4 is 5.32 Å². The molecule has 2 rings (SSSR count). The van der Waals surface area contributed by atoms with Gasteiger partial charge in [-0.15, -0.1) is 0 Å². The number of hydrogen-bond acceptors (Lipinski definition) is 3. The molecule has 0 bridgehead atoms. The Morgan fingerprint density at radius 3 is 2.55 bits per heavy atom. The molecule has 120 valence electrons. The van der Waals surface area contributed by atoms with Gasteiger partial charge in [-0.2, -0.15) is 0 Å². The van der Waals surface area contributed by atoms with Crippen LogP contribution in [0.5, 0.6) is 0 Å². The van der Waals surface area contributed by atoms with Gasteiger partial charge in [0.1, 0.15) is 0 Å². The maximum absolute atomic E-state index is 9.17. The fourth-order valence-electron chi connectivity index (χ4n) is 2.93. The Labute approximate surface area is 134 Å². The van der Waals surface area contributed by atoms with Crippen LogP contribution >= 0.6 is 0 Å². The largest absolute Gasteiger partial charge is 0.396 e. The number of allylic oxidation sites excluding steroid dienone is 1. The van der Waals surface area contributed by atoms with Gasteiger partial charge in [0, 0.05) is 19.4 Å². The van der Waals surface area contributed by atoms with E-state index in [0.29, 0.717) is 0 Å². The van der Waals surface area contributed by atoms with Gasteiger partial charge in [-0.1, -0.05) is 55.7 Å². The van der Waals surface area contributed by atoms with Crippen molar-refractivity contribution in [3.8, 4) is 0 Å². The van der Waals surface area contributed by atoms with Gasteiger partial charge in [-0.3, -0.25) is 4.99 Å². The molecule has 1 heterocycles. The molecular weight excluding hydrogens is 272 g/mol. The number of nitrogens with zero attached hydrogens (tertiary/aromatic N) is 1. The van der Waals surface area contributed by atoms with Gasteiger partial charge in [0.15, 0.2) is 0 Å². The Hall–Kier alpha value is -1.45. The van der Waals surface area contributed by atoms with Crippen molar-refractivity contribution in [2.24, 2.45) is 4.99 Å². The maximum atomic E-state index is 9.17. The molecule has 3 nitrogen and oxygen atoms in total. The predicted molar refractivity (Wildman–Crippen MR) is 93.3 cm³/mol. The number of nitrogens with one attached hydrogen (secondary N) is 1. The van der Waals surface area contributed by atoms with Crippen molar-refractivity contribution in [1.82, 2.24) is 5.32 Å². The van der Waals surface area contributed by atoms with E-state index >= 15 is 0 Å². The fraction of sp³-hybridized carbons (Fsp3) is 0.526. The first-order valence-corrected chi connectivity index (χ1v) is 8.43. The van der Waals surface area contributed by atoms with Crippen molar-refractivity contribution < 1.29 is 5.11 Å². The second-order valence-corrected chi connectivity index (χ2v) is 6.04. The third-order valence-electron chi connectivity index (χ3n) is 4.25. The molecule has 0 amide bonds. The van der Waals surface area contributed by atoms with Crippen LogP contribution in [0.2, 0.25) is 0 Å². The summed E-state index contributed by atoms with van der Waals surface area (Å²) in [6.45, 7) is 2.25. The van der Waals surface area contributed by atoms with E-state index < -0.39 is 0 Å². The van der Waals surface area contributed by atoms with Gasteiger partial charge in [0.25, 0.3) is 0 Å². The number of aliphatic hydroxyl groups is 1. The molecule has 2 N–H and O–H groups in total. The molecule has 0 aromatic heterocycles. The summed E-state index contributed by atoms with van der Waals surface area (Å²) in [5.74, 6) is 0. The predicted octanol–water partition coefficient (Wildman–Crippen LogP) is 3.49. The molecule has 1 unspecified atom stereocenters. The Morgan fingerprint density at radius 1 is 1.00 bits per heavy atom. The van der Waals surface area contributed by atoms with Gasteiger partial charge in [-0.25, -0.2) is 0 Å². The second-order valence-electron chi connectivity index (χ2n) is 6.04. The topological polar surface area (TPSA) is 44.6 Å². The average molecular weight is 300 g/mol. The first-order valence-electron chi connectivity index (χ1n) is 8.43. The summed E-state index contributed by atoms with van der Waals surface area (Å²) in [5, 5.41) is 12.7. The van der Waals surface area contributed by atoms with E-state index in [-0.39, 0.29) is 12.1 Å². The van der Waals surface area contributed by atoms with Gasteiger partial charge < -0.3 is 10.4 Å². The summed E-state index contributed by atoms with van der Waals surface area (Å²) < 4.78 is 0. The molecule has 1 aliphatic rings. The number of benzene rings is 1. The van der Waals surface area contributed by atoms with Crippen LogP contribution in [-0.2, 0) is 6.54 Å². The lowest BCUT2D eigenvalue weighted by atomic mass is 9.90. The molecule has 1 aromatic rings. The lowest BCUT2D eigenvalue weighted by molar-refractivity contribution is 0.252. The van der Waals surface area contributed by atoms with E-state index in [2.05, 4.69) is 46.7 Å². The molecular formula is C19H28N2O. The summed E-state index contributed by atoms with van der Waals surface area (Å²) in [5.41, 5.74) is 1.24. The minimum Gasteiger partial charge on any atom is -0.396 e. The van der Waals surface area contributed by atoms with Crippen molar-refractivity contribution in [2.45, 2.75) is 50.6 Å². The molecule has 1 aliphatic heterocycles. The minimum atomic E-state index is -0.111. The molecule has 1 aromatic carbocycles. The standard InChI is InChI=1S/C19H28N2O/c22-16-13-19(12-8-15-21-19)11-6-1-2-7-14-20-17-18-9-4-3-5-10-18/h3-5,8-10,12,15,20,22H,1-2,6-7,11,13-14,16-17H2. The SMILES string of the molecule is OCCC1(CCCCCCNCc2ccccc2)C=CC=N1. The first kappa shape index (κ1) is 16.9. The Balaban J connectivity index is 1.49. The van der Waals surface area contributed by atoms with Gasteiger partial charge >= 0.3 is 0 Å². The summed E-state index contributed by atoms with van der Waals surface area (Å²) in [7, 11) is 0. The Bertz CT molecular complexity index is 456. The number of rotatable bonds is 11. The van der Waals surface area contributed by atoms with E-state index in [1.54, 1.807) is 0 Å². The monoisotopic (exact) mass is 300 g/mol. The highest BCUT2D eigenvalue weighted by atomic mass is 16.3. The van der Waals surface area contributed by atoms with Crippen molar-refractivity contribution in [3.05, 3.63) is 48.0 Å². The zero-order valence-corrected chi connectivity index (χ0v) is 13.4. The van der Waals surface area contributed by atoms with Crippen LogP contribution in [0.15, 0.2) is 47.5 Å². The molecule has 22 heavy (non-hydrogen) atoms. The van der Waals surface area contributed by atoms with Crippen LogP contribution in [0.3, 0.4) is 0 Å². The zero-order valence-electron chi connectivity index (χ0n) is 13.4. The molecule has 0 saturated carbocycles. The summed E-state index contributed by atoms with van der Waals surface area (Å²) in [6.07, 6.45) is 12.7. The summed E-state index contributed by atoms with van der Waals surface area (Å²) in [6, 6.07) is 10.5. The third kappa shape index (κ3) is 5.74. The molecule has 0 radical (unpaired) electrons. The highest BCUT2D eigenvalue weighted by Crippen LogP contribution is 2.28.